The average molecular weight is 287 g/mol. The van der Waals surface area contributed by atoms with Gasteiger partial charge in [0.25, 0.3) is 0 Å². The minimum Gasteiger partial charge on any atom is -0.497 e. The molecule has 0 spiro atoms. The summed E-state index contributed by atoms with van der Waals surface area (Å²) in [6, 6.07) is 6.56. The normalized spacial score (nSPS) is 11.9. The van der Waals surface area contributed by atoms with Crippen LogP contribution in [0.15, 0.2) is 24.3 Å². The van der Waals surface area contributed by atoms with Crippen molar-refractivity contribution in [3.05, 3.63) is 29.8 Å². The Labute approximate surface area is 101 Å². The van der Waals surface area contributed by atoms with Gasteiger partial charge in [0.15, 0.2) is 5.78 Å². The van der Waals surface area contributed by atoms with Crippen molar-refractivity contribution < 1.29 is 19.4 Å². The van der Waals surface area contributed by atoms with Crippen molar-refractivity contribution in [2.45, 2.75) is 11.2 Å². The molecule has 16 heavy (non-hydrogen) atoms. The fourth-order valence-corrected chi connectivity index (χ4v) is 1.44. The van der Waals surface area contributed by atoms with Crippen molar-refractivity contribution in [3.8, 4) is 5.75 Å². The third-order valence-corrected chi connectivity index (χ3v) is 2.76. The van der Waals surface area contributed by atoms with Gasteiger partial charge >= 0.3 is 5.97 Å². The Kier molecular flexibility index (Phi) is 4.49. The first-order valence-electron chi connectivity index (χ1n) is 4.58. The molecule has 1 unspecified atom stereocenters. The Morgan fingerprint density at radius 2 is 1.94 bits per heavy atom. The number of carbonyl (C=O) groups excluding carboxylic acids is 1. The second kappa shape index (κ2) is 5.65. The maximum Gasteiger partial charge on any atom is 0.317 e. The molecule has 0 heterocycles. The van der Waals surface area contributed by atoms with Crippen LogP contribution in [0.3, 0.4) is 0 Å². The van der Waals surface area contributed by atoms with E-state index in [4.69, 9.17) is 9.84 Å². The molecule has 4 nitrogen and oxygen atoms in total. The van der Waals surface area contributed by atoms with Gasteiger partial charge < -0.3 is 9.84 Å². The van der Waals surface area contributed by atoms with Gasteiger partial charge in [0.2, 0.25) is 0 Å². The van der Waals surface area contributed by atoms with E-state index in [0.29, 0.717) is 11.3 Å². The molecule has 1 N–H and O–H groups in total. The molecule has 0 radical (unpaired) electrons. The van der Waals surface area contributed by atoms with Crippen LogP contribution in [0.4, 0.5) is 0 Å². The van der Waals surface area contributed by atoms with E-state index in [9.17, 15) is 9.59 Å². The number of methoxy groups -OCH3 is 1. The Bertz CT molecular complexity index is 385. The van der Waals surface area contributed by atoms with Crippen LogP contribution in [0, 0.1) is 0 Å². The van der Waals surface area contributed by atoms with Gasteiger partial charge in [0, 0.05) is 12.0 Å². The highest BCUT2D eigenvalue weighted by molar-refractivity contribution is 9.10. The van der Waals surface area contributed by atoms with Crippen molar-refractivity contribution in [1.29, 1.82) is 0 Å². The average Bonchev–Trinajstić information content (AvgIpc) is 2.28. The van der Waals surface area contributed by atoms with Crippen LogP contribution < -0.4 is 4.74 Å². The van der Waals surface area contributed by atoms with Gasteiger partial charge in [-0.2, -0.15) is 0 Å². The van der Waals surface area contributed by atoms with Crippen molar-refractivity contribution in [2.75, 3.05) is 7.11 Å². The summed E-state index contributed by atoms with van der Waals surface area (Å²) >= 11 is 2.92. The number of alkyl halides is 1. The van der Waals surface area contributed by atoms with E-state index in [1.165, 1.54) is 7.11 Å². The maximum atomic E-state index is 11.6. The monoisotopic (exact) mass is 286 g/mol. The summed E-state index contributed by atoms with van der Waals surface area (Å²) in [7, 11) is 1.54. The molecule has 0 fully saturated rings. The van der Waals surface area contributed by atoms with Gasteiger partial charge in [-0.05, 0) is 24.3 Å². The van der Waals surface area contributed by atoms with Crippen LogP contribution in [0.2, 0.25) is 0 Å². The lowest BCUT2D eigenvalue weighted by Gasteiger charge is -2.04. The molecule has 0 amide bonds. The number of ether oxygens (including phenoxy) is 1. The summed E-state index contributed by atoms with van der Waals surface area (Å²) in [5.74, 6) is -0.598. The van der Waals surface area contributed by atoms with Gasteiger partial charge in [0.05, 0.1) is 7.11 Å². The van der Waals surface area contributed by atoms with Crippen molar-refractivity contribution in [3.63, 3.8) is 0 Å². The Balaban J connectivity index is 2.69. The van der Waals surface area contributed by atoms with Gasteiger partial charge in [-0.1, -0.05) is 15.9 Å². The number of rotatable bonds is 5. The van der Waals surface area contributed by atoms with Crippen LogP contribution in [-0.4, -0.2) is 28.8 Å². The van der Waals surface area contributed by atoms with Crippen LogP contribution >= 0.6 is 15.9 Å². The minimum atomic E-state index is -1.04. The molecule has 0 saturated heterocycles. The number of carboxylic acid groups (broad SMARTS) is 1. The number of halogens is 1. The Hall–Kier alpha value is -1.36. The SMILES string of the molecule is COc1ccc(C(=O)CC(Br)C(=O)O)cc1. The summed E-state index contributed by atoms with van der Waals surface area (Å²) in [4.78, 5) is 21.3. The molecule has 0 aliphatic carbocycles. The maximum absolute atomic E-state index is 11.6. The first kappa shape index (κ1) is 12.7. The van der Waals surface area contributed by atoms with Gasteiger partial charge in [-0.15, -0.1) is 0 Å². The van der Waals surface area contributed by atoms with E-state index in [-0.39, 0.29) is 12.2 Å². The molecular formula is C11H11BrO4. The van der Waals surface area contributed by atoms with Crippen LogP contribution in [-0.2, 0) is 4.79 Å². The molecule has 0 aliphatic rings. The number of benzene rings is 1. The molecule has 1 atom stereocenters. The smallest absolute Gasteiger partial charge is 0.317 e. The van der Waals surface area contributed by atoms with E-state index < -0.39 is 10.8 Å². The highest BCUT2D eigenvalue weighted by atomic mass is 79.9. The van der Waals surface area contributed by atoms with Crippen LogP contribution in [0.5, 0.6) is 5.75 Å². The molecule has 1 aromatic rings. The molecule has 0 aliphatic heterocycles. The van der Waals surface area contributed by atoms with Crippen molar-refractivity contribution in [2.24, 2.45) is 0 Å². The Morgan fingerprint density at radius 3 is 2.38 bits per heavy atom. The predicted molar refractivity (Wildman–Crippen MR) is 62.3 cm³/mol. The highest BCUT2D eigenvalue weighted by Gasteiger charge is 2.18. The second-order valence-electron chi connectivity index (χ2n) is 3.16. The van der Waals surface area contributed by atoms with Gasteiger partial charge in [-0.25, -0.2) is 0 Å². The zero-order valence-corrected chi connectivity index (χ0v) is 10.2. The van der Waals surface area contributed by atoms with Gasteiger partial charge in [0.1, 0.15) is 10.6 Å². The fraction of sp³-hybridized carbons (Fsp3) is 0.273. The van der Waals surface area contributed by atoms with Crippen molar-refractivity contribution in [1.82, 2.24) is 0 Å². The molecule has 86 valence electrons. The van der Waals surface area contributed by atoms with E-state index in [1.807, 2.05) is 0 Å². The lowest BCUT2D eigenvalue weighted by Crippen LogP contribution is -2.17. The number of aliphatic carboxylic acids is 1. The molecule has 1 aromatic carbocycles. The number of ketones is 1. The third-order valence-electron chi connectivity index (χ3n) is 2.04. The lowest BCUT2D eigenvalue weighted by molar-refractivity contribution is -0.136. The number of Topliss-reactive ketones (excluding diaryl/α,β-unsaturated/α-hetero) is 1. The topological polar surface area (TPSA) is 63.6 Å². The lowest BCUT2D eigenvalue weighted by atomic mass is 10.1. The molecular weight excluding hydrogens is 276 g/mol. The fourth-order valence-electron chi connectivity index (χ4n) is 1.14. The van der Waals surface area contributed by atoms with E-state index in [1.54, 1.807) is 24.3 Å². The van der Waals surface area contributed by atoms with E-state index >= 15 is 0 Å². The number of hydrogen-bond acceptors (Lipinski definition) is 3. The summed E-state index contributed by atoms with van der Waals surface area (Å²) in [6.07, 6.45) is -0.0678. The number of carbonyl (C=O) groups is 2. The molecule has 1 rings (SSSR count). The van der Waals surface area contributed by atoms with Crippen molar-refractivity contribution >= 4 is 27.7 Å². The number of carboxylic acids is 1. The summed E-state index contributed by atoms with van der Waals surface area (Å²) < 4.78 is 4.95. The molecule has 0 bridgehead atoms. The van der Waals surface area contributed by atoms with Gasteiger partial charge in [-0.3, -0.25) is 9.59 Å². The van der Waals surface area contributed by atoms with E-state index in [2.05, 4.69) is 15.9 Å². The van der Waals surface area contributed by atoms with Crippen LogP contribution in [0.1, 0.15) is 16.8 Å². The van der Waals surface area contributed by atoms with Crippen LogP contribution in [0.25, 0.3) is 0 Å². The number of hydrogen-bond donors (Lipinski definition) is 1. The minimum absolute atomic E-state index is 0.0678. The predicted octanol–water partition coefficient (Wildman–Crippen LogP) is 2.12. The standard InChI is InChI=1S/C11H11BrO4/c1-16-8-4-2-7(3-5-8)10(13)6-9(12)11(14)15/h2-5,9H,6H2,1H3,(H,14,15). The largest absolute Gasteiger partial charge is 0.497 e. The summed E-state index contributed by atoms with van der Waals surface area (Å²) in [5.41, 5.74) is 0.478. The molecule has 0 aromatic heterocycles. The highest BCUT2D eigenvalue weighted by Crippen LogP contribution is 2.15. The molecule has 5 heteroatoms. The third kappa shape index (κ3) is 3.34. The quantitative estimate of drug-likeness (QED) is 0.665. The van der Waals surface area contributed by atoms with E-state index in [0.717, 1.165) is 0 Å². The first-order chi connectivity index (χ1) is 7.54. The zero-order chi connectivity index (χ0) is 12.1. The Morgan fingerprint density at radius 1 is 1.38 bits per heavy atom. The summed E-state index contributed by atoms with van der Waals surface area (Å²) in [6.45, 7) is 0. The zero-order valence-electron chi connectivity index (χ0n) is 8.64. The first-order valence-corrected chi connectivity index (χ1v) is 5.50. The summed E-state index contributed by atoms with van der Waals surface area (Å²) in [5, 5.41) is 8.64. The molecule has 0 saturated carbocycles. The second-order valence-corrected chi connectivity index (χ2v) is 4.27.